The highest BCUT2D eigenvalue weighted by Gasteiger charge is 2.11. The van der Waals surface area contributed by atoms with Gasteiger partial charge < -0.3 is 10.4 Å². The van der Waals surface area contributed by atoms with Gasteiger partial charge in [-0.3, -0.25) is 4.68 Å². The molecule has 0 bridgehead atoms. The second-order valence-electron chi connectivity index (χ2n) is 4.43. The van der Waals surface area contributed by atoms with E-state index in [-0.39, 0.29) is 12.5 Å². The van der Waals surface area contributed by atoms with Crippen LogP contribution in [0, 0.1) is 5.92 Å². The lowest BCUT2D eigenvalue weighted by atomic mass is 10.1. The van der Waals surface area contributed by atoms with Crippen LogP contribution in [0.25, 0.3) is 0 Å². The van der Waals surface area contributed by atoms with E-state index in [0.29, 0.717) is 6.04 Å². The molecular formula is C12H23N3O. The summed E-state index contributed by atoms with van der Waals surface area (Å²) in [6, 6.07) is 2.44. The van der Waals surface area contributed by atoms with Crippen LogP contribution in [0.1, 0.15) is 32.2 Å². The molecule has 0 aromatic carbocycles. The first-order chi connectivity index (χ1) is 7.58. The van der Waals surface area contributed by atoms with Crippen molar-refractivity contribution in [2.75, 3.05) is 6.61 Å². The molecule has 16 heavy (non-hydrogen) atoms. The van der Waals surface area contributed by atoms with Gasteiger partial charge in [-0.05, 0) is 25.3 Å². The maximum Gasteiger partial charge on any atom is 0.0625 e. The SMILES string of the molecule is CCc1cc(CNC(C)C(C)CO)n(C)n1. The van der Waals surface area contributed by atoms with Crippen molar-refractivity contribution in [3.63, 3.8) is 0 Å². The molecule has 1 aromatic rings. The number of hydrogen-bond acceptors (Lipinski definition) is 3. The molecule has 1 heterocycles. The zero-order valence-electron chi connectivity index (χ0n) is 10.7. The molecule has 0 aliphatic rings. The van der Waals surface area contributed by atoms with Crippen molar-refractivity contribution in [1.29, 1.82) is 0 Å². The van der Waals surface area contributed by atoms with Crippen LogP contribution in [0.3, 0.4) is 0 Å². The summed E-state index contributed by atoms with van der Waals surface area (Å²) >= 11 is 0. The topological polar surface area (TPSA) is 50.1 Å². The summed E-state index contributed by atoms with van der Waals surface area (Å²) in [4.78, 5) is 0. The molecule has 0 saturated carbocycles. The van der Waals surface area contributed by atoms with Gasteiger partial charge in [-0.15, -0.1) is 0 Å². The molecule has 0 saturated heterocycles. The predicted molar refractivity (Wildman–Crippen MR) is 65.1 cm³/mol. The van der Waals surface area contributed by atoms with Gasteiger partial charge in [-0.1, -0.05) is 13.8 Å². The van der Waals surface area contributed by atoms with Crippen LogP contribution in [0.15, 0.2) is 6.07 Å². The van der Waals surface area contributed by atoms with Crippen molar-refractivity contribution in [3.8, 4) is 0 Å². The molecule has 1 aromatic heterocycles. The number of rotatable bonds is 6. The summed E-state index contributed by atoms with van der Waals surface area (Å²) in [7, 11) is 1.97. The van der Waals surface area contributed by atoms with Crippen LogP contribution in [0.2, 0.25) is 0 Å². The molecule has 1 rings (SSSR count). The summed E-state index contributed by atoms with van der Waals surface area (Å²) in [6.07, 6.45) is 0.969. The lowest BCUT2D eigenvalue weighted by Crippen LogP contribution is -2.33. The number of nitrogens with zero attached hydrogens (tertiary/aromatic N) is 2. The predicted octanol–water partition coefficient (Wildman–Crippen LogP) is 1.09. The molecule has 2 unspecified atom stereocenters. The number of aryl methyl sites for hydroxylation is 2. The highest BCUT2D eigenvalue weighted by molar-refractivity contribution is 5.10. The van der Waals surface area contributed by atoms with Crippen LogP contribution < -0.4 is 5.32 Å². The lowest BCUT2D eigenvalue weighted by Gasteiger charge is -2.19. The summed E-state index contributed by atoms with van der Waals surface area (Å²) in [5.41, 5.74) is 2.32. The highest BCUT2D eigenvalue weighted by atomic mass is 16.3. The van der Waals surface area contributed by atoms with Crippen molar-refractivity contribution in [2.24, 2.45) is 13.0 Å². The number of aliphatic hydroxyl groups is 1. The van der Waals surface area contributed by atoms with Crippen LogP contribution in [0.5, 0.6) is 0 Å². The zero-order valence-corrected chi connectivity index (χ0v) is 10.7. The van der Waals surface area contributed by atoms with Gasteiger partial charge in [0.25, 0.3) is 0 Å². The molecule has 0 aliphatic heterocycles. The van der Waals surface area contributed by atoms with Gasteiger partial charge in [0.05, 0.1) is 11.4 Å². The van der Waals surface area contributed by atoms with Gasteiger partial charge >= 0.3 is 0 Å². The van der Waals surface area contributed by atoms with E-state index in [1.165, 1.54) is 5.69 Å². The van der Waals surface area contributed by atoms with Gasteiger partial charge in [0.1, 0.15) is 0 Å². The van der Waals surface area contributed by atoms with Crippen LogP contribution >= 0.6 is 0 Å². The third-order valence-corrected chi connectivity index (χ3v) is 3.14. The zero-order chi connectivity index (χ0) is 12.1. The minimum Gasteiger partial charge on any atom is -0.396 e. The van der Waals surface area contributed by atoms with E-state index in [4.69, 9.17) is 5.11 Å². The van der Waals surface area contributed by atoms with Crippen LogP contribution in [0.4, 0.5) is 0 Å². The maximum atomic E-state index is 9.04. The van der Waals surface area contributed by atoms with Crippen molar-refractivity contribution in [1.82, 2.24) is 15.1 Å². The first-order valence-corrected chi connectivity index (χ1v) is 5.94. The molecule has 0 radical (unpaired) electrons. The third-order valence-electron chi connectivity index (χ3n) is 3.14. The molecule has 0 aliphatic carbocycles. The summed E-state index contributed by atoms with van der Waals surface area (Å²) < 4.78 is 1.92. The van der Waals surface area contributed by atoms with Crippen molar-refractivity contribution < 1.29 is 5.11 Å². The van der Waals surface area contributed by atoms with E-state index in [9.17, 15) is 0 Å². The van der Waals surface area contributed by atoms with E-state index >= 15 is 0 Å². The smallest absolute Gasteiger partial charge is 0.0625 e. The van der Waals surface area contributed by atoms with Crippen LogP contribution in [-0.2, 0) is 20.0 Å². The molecule has 2 N–H and O–H groups in total. The number of aliphatic hydroxyl groups excluding tert-OH is 1. The summed E-state index contributed by atoms with van der Waals surface area (Å²) in [5.74, 6) is 0.277. The molecule has 4 nitrogen and oxygen atoms in total. The summed E-state index contributed by atoms with van der Waals surface area (Å²) in [5, 5.41) is 16.8. The van der Waals surface area contributed by atoms with E-state index in [2.05, 4.69) is 30.3 Å². The Balaban J connectivity index is 2.50. The Morgan fingerprint density at radius 2 is 2.19 bits per heavy atom. The fraction of sp³-hybridized carbons (Fsp3) is 0.750. The Morgan fingerprint density at radius 3 is 2.69 bits per heavy atom. The molecule has 2 atom stereocenters. The molecule has 4 heteroatoms. The van der Waals surface area contributed by atoms with Crippen molar-refractivity contribution >= 4 is 0 Å². The first kappa shape index (κ1) is 13.2. The molecule has 92 valence electrons. The van der Waals surface area contributed by atoms with Gasteiger partial charge in [0.2, 0.25) is 0 Å². The van der Waals surface area contributed by atoms with E-state index in [1.807, 2.05) is 18.7 Å². The average molecular weight is 225 g/mol. The van der Waals surface area contributed by atoms with Gasteiger partial charge in [-0.2, -0.15) is 5.10 Å². The molecule has 0 spiro atoms. The Kier molecular flexibility index (Phi) is 4.96. The monoisotopic (exact) mass is 225 g/mol. The molecule has 0 amide bonds. The van der Waals surface area contributed by atoms with E-state index in [1.54, 1.807) is 0 Å². The average Bonchev–Trinajstić information content (AvgIpc) is 2.65. The fourth-order valence-corrected chi connectivity index (χ4v) is 1.53. The second-order valence-corrected chi connectivity index (χ2v) is 4.43. The molecule has 0 fully saturated rings. The van der Waals surface area contributed by atoms with Gasteiger partial charge in [0, 0.05) is 26.2 Å². The van der Waals surface area contributed by atoms with E-state index in [0.717, 1.165) is 18.7 Å². The quantitative estimate of drug-likeness (QED) is 0.762. The minimum atomic E-state index is 0.222. The Morgan fingerprint density at radius 1 is 1.50 bits per heavy atom. The highest BCUT2D eigenvalue weighted by Crippen LogP contribution is 2.06. The minimum absolute atomic E-state index is 0.222. The standard InChI is InChI=1S/C12H23N3O/c1-5-11-6-12(15(4)14-11)7-13-10(3)9(2)8-16/h6,9-10,13,16H,5,7-8H2,1-4H3. The maximum absolute atomic E-state index is 9.04. The largest absolute Gasteiger partial charge is 0.396 e. The van der Waals surface area contributed by atoms with Crippen molar-refractivity contribution in [2.45, 2.75) is 39.8 Å². The Hall–Kier alpha value is -0.870. The fourth-order valence-electron chi connectivity index (χ4n) is 1.53. The summed E-state index contributed by atoms with van der Waals surface area (Å²) in [6.45, 7) is 7.27. The Labute approximate surface area is 97.7 Å². The van der Waals surface area contributed by atoms with Gasteiger partial charge in [0.15, 0.2) is 0 Å². The normalized spacial score (nSPS) is 15.1. The number of hydrogen-bond donors (Lipinski definition) is 2. The lowest BCUT2D eigenvalue weighted by molar-refractivity contribution is 0.206. The van der Waals surface area contributed by atoms with Gasteiger partial charge in [-0.25, -0.2) is 0 Å². The first-order valence-electron chi connectivity index (χ1n) is 5.94. The van der Waals surface area contributed by atoms with E-state index < -0.39 is 0 Å². The third kappa shape index (κ3) is 3.32. The number of aromatic nitrogens is 2. The van der Waals surface area contributed by atoms with Crippen molar-refractivity contribution in [3.05, 3.63) is 17.5 Å². The molecular weight excluding hydrogens is 202 g/mol. The van der Waals surface area contributed by atoms with Crippen LogP contribution in [-0.4, -0.2) is 27.5 Å². The Bertz CT molecular complexity index is 322. The number of nitrogens with one attached hydrogen (secondary N) is 1. The second kappa shape index (κ2) is 6.01.